The summed E-state index contributed by atoms with van der Waals surface area (Å²) in [5.41, 5.74) is 2.15. The molecule has 1 amide bonds. The highest BCUT2D eigenvalue weighted by Gasteiger charge is 2.10. The van der Waals surface area contributed by atoms with Gasteiger partial charge in [0.15, 0.2) is 11.5 Å². The summed E-state index contributed by atoms with van der Waals surface area (Å²) in [6, 6.07) is 14.6. The van der Waals surface area contributed by atoms with E-state index in [1.54, 1.807) is 44.6 Å². The van der Waals surface area contributed by atoms with Crippen molar-refractivity contribution in [3.8, 4) is 17.6 Å². The van der Waals surface area contributed by atoms with Crippen molar-refractivity contribution in [2.75, 3.05) is 19.5 Å². The second kappa shape index (κ2) is 9.19. The summed E-state index contributed by atoms with van der Waals surface area (Å²) >= 11 is 0. The molecule has 2 N–H and O–H groups in total. The molecule has 3 rings (SSSR count). The molecule has 0 bridgehead atoms. The lowest BCUT2D eigenvalue weighted by atomic mass is 10.2. The SMILES string of the molecule is COc1ccc(CNC(=O)c2cnc(Nc3ccccc3C#N)cn2)cc1OC. The van der Waals surface area contributed by atoms with Gasteiger partial charge < -0.3 is 20.1 Å². The number of ether oxygens (including phenoxy) is 2. The Morgan fingerprint density at radius 2 is 1.86 bits per heavy atom. The van der Waals surface area contributed by atoms with Gasteiger partial charge in [-0.2, -0.15) is 5.26 Å². The van der Waals surface area contributed by atoms with Crippen LogP contribution in [0.2, 0.25) is 0 Å². The Labute approximate surface area is 168 Å². The van der Waals surface area contributed by atoms with Crippen molar-refractivity contribution in [3.63, 3.8) is 0 Å². The fourth-order valence-corrected chi connectivity index (χ4v) is 2.60. The summed E-state index contributed by atoms with van der Waals surface area (Å²) in [6.45, 7) is 0.302. The summed E-state index contributed by atoms with van der Waals surface area (Å²) in [4.78, 5) is 20.7. The minimum atomic E-state index is -0.351. The van der Waals surface area contributed by atoms with Crippen molar-refractivity contribution in [2.45, 2.75) is 6.54 Å². The Morgan fingerprint density at radius 1 is 1.07 bits per heavy atom. The Balaban J connectivity index is 1.63. The predicted octanol–water partition coefficient (Wildman–Crippen LogP) is 3.04. The number of para-hydroxylation sites is 1. The van der Waals surface area contributed by atoms with E-state index in [1.807, 2.05) is 12.1 Å². The van der Waals surface area contributed by atoms with Gasteiger partial charge in [0.25, 0.3) is 5.91 Å². The van der Waals surface area contributed by atoms with Crippen LogP contribution in [0.25, 0.3) is 0 Å². The molecule has 0 atom stereocenters. The van der Waals surface area contributed by atoms with E-state index in [9.17, 15) is 4.79 Å². The molecular weight excluding hydrogens is 370 g/mol. The van der Waals surface area contributed by atoms with Crippen molar-refractivity contribution in [1.82, 2.24) is 15.3 Å². The summed E-state index contributed by atoms with van der Waals surface area (Å²) in [6.07, 6.45) is 2.82. The summed E-state index contributed by atoms with van der Waals surface area (Å²) < 4.78 is 10.5. The van der Waals surface area contributed by atoms with Crippen LogP contribution < -0.4 is 20.1 Å². The first kappa shape index (κ1) is 19.6. The van der Waals surface area contributed by atoms with Gasteiger partial charge in [0.05, 0.1) is 37.9 Å². The molecule has 3 aromatic rings. The molecule has 0 radical (unpaired) electrons. The Hall–Kier alpha value is -4.12. The second-order valence-corrected chi connectivity index (χ2v) is 5.94. The first-order chi connectivity index (χ1) is 14.1. The zero-order valence-electron chi connectivity index (χ0n) is 16.0. The van der Waals surface area contributed by atoms with Gasteiger partial charge in [-0.15, -0.1) is 0 Å². The molecule has 1 aromatic heterocycles. The number of amides is 1. The zero-order valence-corrected chi connectivity index (χ0v) is 16.0. The van der Waals surface area contributed by atoms with Crippen LogP contribution in [-0.4, -0.2) is 30.1 Å². The molecule has 0 saturated carbocycles. The minimum Gasteiger partial charge on any atom is -0.493 e. The molecule has 0 spiro atoms. The lowest BCUT2D eigenvalue weighted by Gasteiger charge is -2.10. The Morgan fingerprint density at radius 3 is 2.55 bits per heavy atom. The summed E-state index contributed by atoms with van der Waals surface area (Å²) in [5, 5.41) is 14.9. The number of carbonyl (C=O) groups is 1. The highest BCUT2D eigenvalue weighted by molar-refractivity contribution is 5.92. The van der Waals surface area contributed by atoms with Crippen LogP contribution in [0.3, 0.4) is 0 Å². The first-order valence-corrected chi connectivity index (χ1v) is 8.72. The third kappa shape index (κ3) is 4.78. The van der Waals surface area contributed by atoms with Gasteiger partial charge in [0, 0.05) is 6.54 Å². The molecule has 2 aromatic carbocycles. The number of aromatic nitrogens is 2. The van der Waals surface area contributed by atoms with Crippen LogP contribution in [0, 0.1) is 11.3 Å². The van der Waals surface area contributed by atoms with E-state index in [0.717, 1.165) is 5.56 Å². The molecule has 1 heterocycles. The van der Waals surface area contributed by atoms with Crippen molar-refractivity contribution < 1.29 is 14.3 Å². The fourth-order valence-electron chi connectivity index (χ4n) is 2.60. The average Bonchev–Trinajstić information content (AvgIpc) is 2.78. The van der Waals surface area contributed by atoms with Crippen LogP contribution in [0.15, 0.2) is 54.9 Å². The molecule has 8 heteroatoms. The van der Waals surface area contributed by atoms with Crippen molar-refractivity contribution in [1.29, 1.82) is 5.26 Å². The monoisotopic (exact) mass is 389 g/mol. The number of rotatable bonds is 7. The highest BCUT2D eigenvalue weighted by Crippen LogP contribution is 2.27. The topological polar surface area (TPSA) is 109 Å². The Bertz CT molecular complexity index is 1040. The third-order valence-electron chi connectivity index (χ3n) is 4.10. The molecule has 0 unspecified atom stereocenters. The van der Waals surface area contributed by atoms with Gasteiger partial charge >= 0.3 is 0 Å². The molecule has 0 aliphatic carbocycles. The van der Waals surface area contributed by atoms with E-state index < -0.39 is 0 Å². The molecule has 146 valence electrons. The summed E-state index contributed by atoms with van der Waals surface area (Å²) in [5.74, 6) is 1.29. The smallest absolute Gasteiger partial charge is 0.271 e. The summed E-state index contributed by atoms with van der Waals surface area (Å²) in [7, 11) is 3.12. The second-order valence-electron chi connectivity index (χ2n) is 5.94. The van der Waals surface area contributed by atoms with Gasteiger partial charge in [-0.1, -0.05) is 18.2 Å². The fraction of sp³-hybridized carbons (Fsp3) is 0.143. The number of hydrogen-bond acceptors (Lipinski definition) is 7. The van der Waals surface area contributed by atoms with Gasteiger partial charge in [-0.3, -0.25) is 4.79 Å². The van der Waals surface area contributed by atoms with Gasteiger partial charge in [0.1, 0.15) is 17.6 Å². The van der Waals surface area contributed by atoms with Gasteiger partial charge in [-0.25, -0.2) is 9.97 Å². The van der Waals surface area contributed by atoms with E-state index in [4.69, 9.17) is 14.7 Å². The van der Waals surface area contributed by atoms with Gasteiger partial charge in [0.2, 0.25) is 0 Å². The number of nitrogens with one attached hydrogen (secondary N) is 2. The Kier molecular flexibility index (Phi) is 6.22. The number of anilines is 2. The number of nitrogens with zero attached hydrogens (tertiary/aromatic N) is 3. The van der Waals surface area contributed by atoms with Crippen LogP contribution in [0.4, 0.5) is 11.5 Å². The molecular formula is C21H19N5O3. The maximum atomic E-state index is 12.3. The highest BCUT2D eigenvalue weighted by atomic mass is 16.5. The average molecular weight is 389 g/mol. The van der Waals surface area contributed by atoms with Gasteiger partial charge in [-0.05, 0) is 29.8 Å². The van der Waals surface area contributed by atoms with E-state index in [1.165, 1.54) is 12.4 Å². The largest absolute Gasteiger partial charge is 0.493 e. The predicted molar refractivity (Wildman–Crippen MR) is 107 cm³/mol. The molecule has 8 nitrogen and oxygen atoms in total. The number of benzene rings is 2. The number of methoxy groups -OCH3 is 2. The van der Waals surface area contributed by atoms with Crippen molar-refractivity contribution in [2.24, 2.45) is 0 Å². The van der Waals surface area contributed by atoms with E-state index in [0.29, 0.717) is 35.1 Å². The molecule has 29 heavy (non-hydrogen) atoms. The molecule has 0 fully saturated rings. The zero-order chi connectivity index (χ0) is 20.6. The van der Waals surface area contributed by atoms with E-state index in [-0.39, 0.29) is 11.6 Å². The molecule has 0 saturated heterocycles. The van der Waals surface area contributed by atoms with Crippen molar-refractivity contribution >= 4 is 17.4 Å². The normalized spacial score (nSPS) is 9.97. The quantitative estimate of drug-likeness (QED) is 0.639. The molecule has 0 aliphatic rings. The van der Waals surface area contributed by atoms with Crippen LogP contribution >= 0.6 is 0 Å². The maximum absolute atomic E-state index is 12.3. The standard InChI is InChI=1S/C21H19N5O3/c1-28-18-8-7-14(9-19(18)29-2)11-25-21(27)17-12-24-20(13-23-17)26-16-6-4-3-5-15(16)10-22/h3-9,12-13H,11H2,1-2H3,(H,24,26)(H,25,27). The minimum absolute atomic E-state index is 0.185. The number of carbonyl (C=O) groups excluding carboxylic acids is 1. The van der Waals surface area contributed by atoms with Crippen LogP contribution in [-0.2, 0) is 6.54 Å². The first-order valence-electron chi connectivity index (χ1n) is 8.72. The van der Waals surface area contributed by atoms with E-state index >= 15 is 0 Å². The lowest BCUT2D eigenvalue weighted by Crippen LogP contribution is -2.24. The van der Waals surface area contributed by atoms with Crippen molar-refractivity contribution in [3.05, 3.63) is 71.7 Å². The lowest BCUT2D eigenvalue weighted by molar-refractivity contribution is 0.0945. The van der Waals surface area contributed by atoms with Crippen LogP contribution in [0.1, 0.15) is 21.6 Å². The molecule has 0 aliphatic heterocycles. The van der Waals surface area contributed by atoms with E-state index in [2.05, 4.69) is 26.7 Å². The number of nitriles is 1. The number of hydrogen-bond donors (Lipinski definition) is 2. The maximum Gasteiger partial charge on any atom is 0.271 e. The van der Waals surface area contributed by atoms with Crippen LogP contribution in [0.5, 0.6) is 11.5 Å². The third-order valence-corrected chi connectivity index (χ3v) is 4.10.